The quantitative estimate of drug-likeness (QED) is 0.829. The highest BCUT2D eigenvalue weighted by Crippen LogP contribution is 2.14. The first-order valence-corrected chi connectivity index (χ1v) is 5.51. The normalized spacial score (nSPS) is 9.83. The molecule has 0 saturated heterocycles. The lowest BCUT2D eigenvalue weighted by Gasteiger charge is -2.18. The first-order valence-electron chi connectivity index (χ1n) is 5.51. The van der Waals surface area contributed by atoms with Gasteiger partial charge in [0.2, 0.25) is 0 Å². The van der Waals surface area contributed by atoms with Gasteiger partial charge in [-0.25, -0.2) is 9.37 Å². The minimum atomic E-state index is -0.244. The maximum absolute atomic E-state index is 12.8. The van der Waals surface area contributed by atoms with Gasteiger partial charge in [0.1, 0.15) is 11.6 Å². The van der Waals surface area contributed by atoms with E-state index in [2.05, 4.69) is 11.1 Å². The van der Waals surface area contributed by atoms with E-state index in [4.69, 9.17) is 5.26 Å². The van der Waals surface area contributed by atoms with Gasteiger partial charge in [-0.15, -0.1) is 0 Å². The van der Waals surface area contributed by atoms with Crippen LogP contribution in [0.1, 0.15) is 11.1 Å². The van der Waals surface area contributed by atoms with E-state index < -0.39 is 0 Å². The summed E-state index contributed by atoms with van der Waals surface area (Å²) in [6.45, 7) is 0.613. The molecule has 18 heavy (non-hydrogen) atoms. The van der Waals surface area contributed by atoms with Crippen molar-refractivity contribution in [2.45, 2.75) is 6.54 Å². The Balaban J connectivity index is 2.14. The topological polar surface area (TPSA) is 39.9 Å². The first kappa shape index (κ1) is 12.1. The fourth-order valence-corrected chi connectivity index (χ4v) is 1.64. The molecule has 1 heterocycles. The summed E-state index contributed by atoms with van der Waals surface area (Å²) >= 11 is 0. The highest BCUT2D eigenvalue weighted by atomic mass is 19.1. The SMILES string of the molecule is CN(Cc1ccc(F)cc1)c1cc(C#N)ccn1. The molecule has 90 valence electrons. The molecule has 0 radical (unpaired) electrons. The summed E-state index contributed by atoms with van der Waals surface area (Å²) in [5.41, 5.74) is 1.56. The maximum Gasteiger partial charge on any atom is 0.129 e. The fraction of sp³-hybridized carbons (Fsp3) is 0.143. The van der Waals surface area contributed by atoms with E-state index in [0.717, 1.165) is 11.4 Å². The fourth-order valence-electron chi connectivity index (χ4n) is 1.64. The Labute approximate surface area is 105 Å². The van der Waals surface area contributed by atoms with Crippen molar-refractivity contribution in [1.29, 1.82) is 5.26 Å². The van der Waals surface area contributed by atoms with Crippen molar-refractivity contribution < 1.29 is 4.39 Å². The molecule has 0 spiro atoms. The van der Waals surface area contributed by atoms with Gasteiger partial charge in [-0.2, -0.15) is 5.26 Å². The summed E-state index contributed by atoms with van der Waals surface area (Å²) in [6, 6.07) is 11.8. The summed E-state index contributed by atoms with van der Waals surface area (Å²) < 4.78 is 12.8. The van der Waals surface area contributed by atoms with Crippen LogP contribution < -0.4 is 4.90 Å². The van der Waals surface area contributed by atoms with E-state index in [1.165, 1.54) is 12.1 Å². The zero-order valence-electron chi connectivity index (χ0n) is 9.97. The van der Waals surface area contributed by atoms with Crippen molar-refractivity contribution in [2.75, 3.05) is 11.9 Å². The molecule has 0 bridgehead atoms. The molecule has 0 N–H and O–H groups in total. The molecular formula is C14H12FN3. The number of rotatable bonds is 3. The monoisotopic (exact) mass is 241 g/mol. The van der Waals surface area contributed by atoms with Gasteiger partial charge >= 0.3 is 0 Å². The highest BCUT2D eigenvalue weighted by Gasteiger charge is 2.04. The van der Waals surface area contributed by atoms with Crippen LogP contribution in [0.25, 0.3) is 0 Å². The number of anilines is 1. The minimum absolute atomic E-state index is 0.244. The van der Waals surface area contributed by atoms with Gasteiger partial charge in [-0.05, 0) is 29.8 Å². The summed E-state index contributed by atoms with van der Waals surface area (Å²) in [5, 5.41) is 8.83. The summed E-state index contributed by atoms with van der Waals surface area (Å²) in [6.07, 6.45) is 1.61. The molecule has 0 aliphatic rings. The van der Waals surface area contributed by atoms with E-state index in [-0.39, 0.29) is 5.82 Å². The van der Waals surface area contributed by atoms with E-state index >= 15 is 0 Å². The van der Waals surface area contributed by atoms with Crippen molar-refractivity contribution in [3.8, 4) is 6.07 Å². The van der Waals surface area contributed by atoms with Crippen LogP contribution in [-0.4, -0.2) is 12.0 Å². The number of nitriles is 1. The van der Waals surface area contributed by atoms with Gasteiger partial charge in [-0.1, -0.05) is 12.1 Å². The van der Waals surface area contributed by atoms with Crippen molar-refractivity contribution in [3.05, 3.63) is 59.5 Å². The standard InChI is InChI=1S/C14H12FN3/c1-18(10-11-2-4-13(15)5-3-11)14-8-12(9-16)6-7-17-14/h2-8H,10H2,1H3. The lowest BCUT2D eigenvalue weighted by molar-refractivity contribution is 0.627. The Hall–Kier alpha value is -2.41. The zero-order chi connectivity index (χ0) is 13.0. The Bertz CT molecular complexity index is 572. The van der Waals surface area contributed by atoms with Gasteiger partial charge in [0.25, 0.3) is 0 Å². The van der Waals surface area contributed by atoms with Crippen LogP contribution in [0.4, 0.5) is 10.2 Å². The average Bonchev–Trinajstić information content (AvgIpc) is 2.41. The number of pyridine rings is 1. The predicted octanol–water partition coefficient (Wildman–Crippen LogP) is 2.73. The van der Waals surface area contributed by atoms with Crippen LogP contribution in [0.5, 0.6) is 0 Å². The van der Waals surface area contributed by atoms with E-state index in [9.17, 15) is 4.39 Å². The molecule has 2 rings (SSSR count). The first-order chi connectivity index (χ1) is 8.69. The molecule has 0 aliphatic heterocycles. The number of benzene rings is 1. The van der Waals surface area contributed by atoms with Gasteiger partial charge in [-0.3, -0.25) is 0 Å². The van der Waals surface area contributed by atoms with E-state index in [1.807, 2.05) is 11.9 Å². The Morgan fingerprint density at radius 3 is 2.67 bits per heavy atom. The number of aromatic nitrogens is 1. The smallest absolute Gasteiger partial charge is 0.129 e. The van der Waals surface area contributed by atoms with Crippen molar-refractivity contribution in [3.63, 3.8) is 0 Å². The lowest BCUT2D eigenvalue weighted by Crippen LogP contribution is -2.17. The lowest BCUT2D eigenvalue weighted by atomic mass is 10.2. The number of nitrogens with zero attached hydrogens (tertiary/aromatic N) is 3. The predicted molar refractivity (Wildman–Crippen MR) is 67.5 cm³/mol. The number of hydrogen-bond acceptors (Lipinski definition) is 3. The third kappa shape index (κ3) is 2.83. The molecular weight excluding hydrogens is 229 g/mol. The van der Waals surface area contributed by atoms with Crippen molar-refractivity contribution in [2.24, 2.45) is 0 Å². The molecule has 2 aromatic rings. The maximum atomic E-state index is 12.8. The summed E-state index contributed by atoms with van der Waals surface area (Å²) in [4.78, 5) is 6.11. The minimum Gasteiger partial charge on any atom is -0.355 e. The average molecular weight is 241 g/mol. The van der Waals surface area contributed by atoms with Crippen molar-refractivity contribution in [1.82, 2.24) is 4.98 Å². The summed E-state index contributed by atoms with van der Waals surface area (Å²) in [7, 11) is 1.88. The molecule has 1 aromatic carbocycles. The van der Waals surface area contributed by atoms with Crippen molar-refractivity contribution >= 4 is 5.82 Å². The second-order valence-electron chi connectivity index (χ2n) is 4.00. The molecule has 0 unspecified atom stereocenters. The molecule has 0 atom stereocenters. The molecule has 4 heteroatoms. The Morgan fingerprint density at radius 1 is 1.28 bits per heavy atom. The van der Waals surface area contributed by atoms with Crippen LogP contribution in [-0.2, 0) is 6.54 Å². The van der Waals surface area contributed by atoms with Crippen LogP contribution in [0.15, 0.2) is 42.6 Å². The van der Waals surface area contributed by atoms with E-state index in [0.29, 0.717) is 12.1 Å². The molecule has 0 amide bonds. The Morgan fingerprint density at radius 2 is 2.00 bits per heavy atom. The van der Waals surface area contributed by atoms with Gasteiger partial charge < -0.3 is 4.90 Å². The second-order valence-corrected chi connectivity index (χ2v) is 4.00. The van der Waals surface area contributed by atoms with Crippen LogP contribution in [0, 0.1) is 17.1 Å². The van der Waals surface area contributed by atoms with Gasteiger partial charge in [0, 0.05) is 19.8 Å². The zero-order valence-corrected chi connectivity index (χ0v) is 9.97. The highest BCUT2D eigenvalue weighted by molar-refractivity contribution is 5.44. The molecule has 3 nitrogen and oxygen atoms in total. The van der Waals surface area contributed by atoms with Gasteiger partial charge in [0.05, 0.1) is 11.6 Å². The molecule has 0 fully saturated rings. The third-order valence-electron chi connectivity index (χ3n) is 2.60. The summed E-state index contributed by atoms with van der Waals surface area (Å²) in [5.74, 6) is 0.476. The van der Waals surface area contributed by atoms with E-state index in [1.54, 1.807) is 30.5 Å². The molecule has 0 aliphatic carbocycles. The number of halogens is 1. The molecule has 1 aromatic heterocycles. The van der Waals surface area contributed by atoms with Crippen LogP contribution in [0.2, 0.25) is 0 Å². The van der Waals surface area contributed by atoms with Crippen LogP contribution >= 0.6 is 0 Å². The molecule has 0 saturated carbocycles. The second kappa shape index (κ2) is 5.28. The largest absolute Gasteiger partial charge is 0.355 e. The van der Waals surface area contributed by atoms with Crippen LogP contribution in [0.3, 0.4) is 0 Å². The third-order valence-corrected chi connectivity index (χ3v) is 2.60. The van der Waals surface area contributed by atoms with Gasteiger partial charge in [0.15, 0.2) is 0 Å². The Kier molecular flexibility index (Phi) is 3.54. The number of hydrogen-bond donors (Lipinski definition) is 0.